The van der Waals surface area contributed by atoms with E-state index in [-0.39, 0.29) is 12.5 Å². The zero-order chi connectivity index (χ0) is 15.2. The SMILES string of the molecule is CC(NC(=O)NC(Cc1cnc[nH]1)C(=O)O)c1nccs1. The van der Waals surface area contributed by atoms with Crippen molar-refractivity contribution in [2.75, 3.05) is 0 Å². The van der Waals surface area contributed by atoms with Crippen molar-refractivity contribution in [2.24, 2.45) is 0 Å². The lowest BCUT2D eigenvalue weighted by Crippen LogP contribution is -2.47. The number of imidazole rings is 1. The predicted molar refractivity (Wildman–Crippen MR) is 75.9 cm³/mol. The van der Waals surface area contributed by atoms with E-state index in [4.69, 9.17) is 5.11 Å². The fourth-order valence-corrected chi connectivity index (χ4v) is 2.37. The third-order valence-corrected chi connectivity index (χ3v) is 3.71. The van der Waals surface area contributed by atoms with Gasteiger partial charge in [0.1, 0.15) is 11.0 Å². The molecule has 2 rings (SSSR count). The number of aromatic nitrogens is 3. The number of thiazole rings is 1. The number of aliphatic carboxylic acids is 1. The first kappa shape index (κ1) is 15.0. The highest BCUT2D eigenvalue weighted by molar-refractivity contribution is 7.09. The van der Waals surface area contributed by atoms with Gasteiger partial charge in [-0.15, -0.1) is 11.3 Å². The van der Waals surface area contributed by atoms with Gasteiger partial charge in [-0.3, -0.25) is 0 Å². The highest BCUT2D eigenvalue weighted by Crippen LogP contribution is 2.14. The molecule has 0 aromatic carbocycles. The number of rotatable bonds is 6. The molecule has 2 aromatic heterocycles. The average Bonchev–Trinajstić information content (AvgIpc) is 3.10. The predicted octanol–water partition coefficient (Wildman–Crippen LogP) is 0.922. The Morgan fingerprint density at radius 2 is 2.29 bits per heavy atom. The van der Waals surface area contributed by atoms with Gasteiger partial charge in [0, 0.05) is 29.9 Å². The smallest absolute Gasteiger partial charge is 0.326 e. The summed E-state index contributed by atoms with van der Waals surface area (Å²) in [5.41, 5.74) is 0.635. The minimum Gasteiger partial charge on any atom is -0.480 e. The van der Waals surface area contributed by atoms with Crippen LogP contribution in [-0.4, -0.2) is 38.1 Å². The van der Waals surface area contributed by atoms with Crippen LogP contribution in [0.5, 0.6) is 0 Å². The van der Waals surface area contributed by atoms with Crippen molar-refractivity contribution in [1.82, 2.24) is 25.6 Å². The summed E-state index contributed by atoms with van der Waals surface area (Å²) in [6, 6.07) is -1.87. The van der Waals surface area contributed by atoms with E-state index in [1.165, 1.54) is 23.9 Å². The Morgan fingerprint density at radius 1 is 1.48 bits per heavy atom. The van der Waals surface area contributed by atoms with E-state index in [2.05, 4.69) is 25.6 Å². The molecule has 0 saturated heterocycles. The first-order valence-corrected chi connectivity index (χ1v) is 7.10. The minimum atomic E-state index is -1.11. The van der Waals surface area contributed by atoms with Gasteiger partial charge in [0.2, 0.25) is 0 Å². The van der Waals surface area contributed by atoms with Gasteiger partial charge in [0.25, 0.3) is 0 Å². The van der Waals surface area contributed by atoms with Crippen LogP contribution in [0.1, 0.15) is 23.7 Å². The lowest BCUT2D eigenvalue weighted by Gasteiger charge is -2.16. The highest BCUT2D eigenvalue weighted by atomic mass is 32.1. The summed E-state index contributed by atoms with van der Waals surface area (Å²) in [4.78, 5) is 33.8. The number of nitrogens with one attached hydrogen (secondary N) is 3. The summed E-state index contributed by atoms with van der Waals surface area (Å²) in [5, 5.41) is 16.8. The number of carbonyl (C=O) groups excluding carboxylic acids is 1. The van der Waals surface area contributed by atoms with E-state index in [1.807, 2.05) is 5.38 Å². The molecule has 0 aliphatic heterocycles. The van der Waals surface area contributed by atoms with Crippen molar-refractivity contribution in [3.63, 3.8) is 0 Å². The van der Waals surface area contributed by atoms with Crippen LogP contribution in [0.4, 0.5) is 4.79 Å². The van der Waals surface area contributed by atoms with Crippen molar-refractivity contribution in [1.29, 1.82) is 0 Å². The van der Waals surface area contributed by atoms with Crippen molar-refractivity contribution < 1.29 is 14.7 Å². The van der Waals surface area contributed by atoms with E-state index in [9.17, 15) is 9.59 Å². The standard InChI is InChI=1S/C12H15N5O3S/c1-7(10-14-2-3-21-10)16-12(20)17-9(11(18)19)4-8-5-13-6-15-8/h2-3,5-7,9H,4H2,1H3,(H,13,15)(H,18,19)(H2,16,17,20). The Hall–Kier alpha value is -2.42. The zero-order valence-electron chi connectivity index (χ0n) is 11.2. The molecule has 2 unspecified atom stereocenters. The molecule has 9 heteroatoms. The van der Waals surface area contributed by atoms with Crippen molar-refractivity contribution in [3.8, 4) is 0 Å². The molecule has 0 spiro atoms. The van der Waals surface area contributed by atoms with Crippen LogP contribution in [0.3, 0.4) is 0 Å². The van der Waals surface area contributed by atoms with Crippen LogP contribution in [0.25, 0.3) is 0 Å². The van der Waals surface area contributed by atoms with Crippen LogP contribution >= 0.6 is 11.3 Å². The maximum absolute atomic E-state index is 11.9. The number of nitrogens with zero attached hydrogens (tertiary/aromatic N) is 2. The molecule has 2 aromatic rings. The molecule has 0 radical (unpaired) electrons. The molecule has 0 aliphatic carbocycles. The van der Waals surface area contributed by atoms with Gasteiger partial charge in [-0.05, 0) is 6.92 Å². The average molecular weight is 309 g/mol. The largest absolute Gasteiger partial charge is 0.480 e. The van der Waals surface area contributed by atoms with Gasteiger partial charge in [-0.1, -0.05) is 0 Å². The maximum Gasteiger partial charge on any atom is 0.326 e. The topological polar surface area (TPSA) is 120 Å². The lowest BCUT2D eigenvalue weighted by atomic mass is 10.1. The lowest BCUT2D eigenvalue weighted by molar-refractivity contribution is -0.139. The van der Waals surface area contributed by atoms with Gasteiger partial charge < -0.3 is 20.7 Å². The third-order valence-electron chi connectivity index (χ3n) is 2.75. The van der Waals surface area contributed by atoms with E-state index in [0.29, 0.717) is 5.69 Å². The summed E-state index contributed by atoms with van der Waals surface area (Å²) in [7, 11) is 0. The van der Waals surface area contributed by atoms with Crippen LogP contribution in [0.15, 0.2) is 24.1 Å². The molecule has 112 valence electrons. The van der Waals surface area contributed by atoms with Crippen molar-refractivity contribution >= 4 is 23.3 Å². The number of H-pyrrole nitrogens is 1. The number of amides is 2. The number of hydrogen-bond acceptors (Lipinski definition) is 5. The molecule has 2 amide bonds. The fraction of sp³-hybridized carbons (Fsp3) is 0.333. The number of carboxylic acids is 1. The zero-order valence-corrected chi connectivity index (χ0v) is 12.1. The third kappa shape index (κ3) is 4.28. The fourth-order valence-electron chi connectivity index (χ4n) is 1.72. The molecule has 21 heavy (non-hydrogen) atoms. The Bertz CT molecular complexity index is 584. The number of carboxylic acid groups (broad SMARTS) is 1. The first-order valence-electron chi connectivity index (χ1n) is 6.22. The summed E-state index contributed by atoms with van der Waals surface area (Å²) in [6.07, 6.45) is 4.76. The molecule has 2 atom stereocenters. The van der Waals surface area contributed by atoms with Gasteiger partial charge in [0.15, 0.2) is 0 Å². The van der Waals surface area contributed by atoms with Gasteiger partial charge in [-0.2, -0.15) is 0 Å². The van der Waals surface area contributed by atoms with E-state index < -0.39 is 18.0 Å². The second-order valence-corrected chi connectivity index (χ2v) is 5.31. The Balaban J connectivity index is 1.90. The molecule has 0 aliphatic rings. The minimum absolute atomic E-state index is 0.133. The Labute approximate surface area is 124 Å². The van der Waals surface area contributed by atoms with Gasteiger partial charge in [0.05, 0.1) is 12.4 Å². The molecule has 2 heterocycles. The summed E-state index contributed by atoms with van der Waals surface area (Å²) < 4.78 is 0. The Morgan fingerprint density at radius 3 is 2.86 bits per heavy atom. The second-order valence-electron chi connectivity index (χ2n) is 4.38. The summed E-state index contributed by atoms with van der Waals surface area (Å²) >= 11 is 1.42. The number of urea groups is 1. The van der Waals surface area contributed by atoms with E-state index in [0.717, 1.165) is 5.01 Å². The molecule has 8 nitrogen and oxygen atoms in total. The first-order chi connectivity index (χ1) is 10.1. The number of hydrogen-bond donors (Lipinski definition) is 4. The molecule has 4 N–H and O–H groups in total. The van der Waals surface area contributed by atoms with Crippen LogP contribution in [-0.2, 0) is 11.2 Å². The molecular weight excluding hydrogens is 294 g/mol. The molecule has 0 bridgehead atoms. The van der Waals surface area contributed by atoms with E-state index in [1.54, 1.807) is 13.1 Å². The molecule has 0 fully saturated rings. The van der Waals surface area contributed by atoms with Crippen LogP contribution < -0.4 is 10.6 Å². The summed E-state index contributed by atoms with van der Waals surface area (Å²) in [5.74, 6) is -1.11. The number of aromatic amines is 1. The van der Waals surface area contributed by atoms with Gasteiger partial charge in [-0.25, -0.2) is 19.6 Å². The monoisotopic (exact) mass is 309 g/mol. The highest BCUT2D eigenvalue weighted by Gasteiger charge is 2.22. The van der Waals surface area contributed by atoms with E-state index >= 15 is 0 Å². The quantitative estimate of drug-likeness (QED) is 0.632. The Kier molecular flexibility index (Phi) is 4.88. The summed E-state index contributed by atoms with van der Waals surface area (Å²) in [6.45, 7) is 1.78. The normalized spacial score (nSPS) is 13.4. The van der Waals surface area contributed by atoms with Crippen molar-refractivity contribution in [2.45, 2.75) is 25.4 Å². The maximum atomic E-state index is 11.9. The second kappa shape index (κ2) is 6.84. The van der Waals surface area contributed by atoms with Crippen LogP contribution in [0.2, 0.25) is 0 Å². The van der Waals surface area contributed by atoms with Crippen LogP contribution in [0, 0.1) is 0 Å². The molecular formula is C12H15N5O3S. The number of carbonyl (C=O) groups is 2. The van der Waals surface area contributed by atoms with Gasteiger partial charge >= 0.3 is 12.0 Å². The molecule has 0 saturated carbocycles. The van der Waals surface area contributed by atoms with Crippen molar-refractivity contribution in [3.05, 3.63) is 34.8 Å².